The van der Waals surface area contributed by atoms with Gasteiger partial charge in [-0.05, 0) is 104 Å². The molecule has 0 saturated heterocycles. The molecule has 1 amide bonds. The predicted molar refractivity (Wildman–Crippen MR) is 178 cm³/mol. The molecular formula is C36H35Cl3N2O2. The Morgan fingerprint density at radius 2 is 1.30 bits per heavy atom. The lowest BCUT2D eigenvalue weighted by Crippen LogP contribution is -2.55. The molecule has 2 unspecified atom stereocenters. The van der Waals surface area contributed by atoms with E-state index in [0.29, 0.717) is 38.8 Å². The first kappa shape index (κ1) is 31.1. The summed E-state index contributed by atoms with van der Waals surface area (Å²) in [7, 11) is 0. The predicted octanol–water partition coefficient (Wildman–Crippen LogP) is 10.1. The maximum Gasteiger partial charge on any atom is 0.260 e. The molecule has 0 aliphatic carbocycles. The summed E-state index contributed by atoms with van der Waals surface area (Å²) in [6.07, 6.45) is 0. The van der Waals surface area contributed by atoms with Gasteiger partial charge in [-0.25, -0.2) is 0 Å². The second-order valence-corrected chi connectivity index (χ2v) is 13.4. The Morgan fingerprint density at radius 3 is 1.81 bits per heavy atom. The molecule has 43 heavy (non-hydrogen) atoms. The Hall–Kier alpha value is -3.31. The first-order chi connectivity index (χ1) is 20.3. The topological polar surface area (TPSA) is 41.9 Å². The third-order valence-corrected chi connectivity index (χ3v) is 9.19. The first-order valence-corrected chi connectivity index (χ1v) is 15.4. The van der Waals surface area contributed by atoms with Crippen LogP contribution in [0.25, 0.3) is 0 Å². The number of ether oxygens (including phenoxy) is 1. The van der Waals surface area contributed by atoms with E-state index in [1.807, 2.05) is 66.4 Å². The van der Waals surface area contributed by atoms with Gasteiger partial charge < -0.3 is 4.74 Å². The molecule has 0 saturated carbocycles. The molecule has 1 aliphatic rings. The highest BCUT2D eigenvalue weighted by Gasteiger charge is 2.59. The molecule has 0 spiro atoms. The second kappa shape index (κ2) is 11.6. The quantitative estimate of drug-likeness (QED) is 0.212. The molecule has 1 aliphatic heterocycles. The van der Waals surface area contributed by atoms with Crippen LogP contribution in [0.4, 0.5) is 0 Å². The van der Waals surface area contributed by atoms with E-state index >= 15 is 0 Å². The summed E-state index contributed by atoms with van der Waals surface area (Å²) in [5, 5.41) is 1.77. The van der Waals surface area contributed by atoms with Crippen LogP contribution in [0.2, 0.25) is 15.1 Å². The van der Waals surface area contributed by atoms with E-state index in [2.05, 4.69) is 46.8 Å². The molecular weight excluding hydrogens is 599 g/mol. The fourth-order valence-corrected chi connectivity index (χ4v) is 6.13. The van der Waals surface area contributed by atoms with Crippen LogP contribution in [0, 0.1) is 0 Å². The molecule has 222 valence electrons. The van der Waals surface area contributed by atoms with Gasteiger partial charge in [-0.15, -0.1) is 0 Å². The minimum atomic E-state index is -0.996. The molecule has 0 aromatic heterocycles. The van der Waals surface area contributed by atoms with Crippen molar-refractivity contribution in [2.45, 2.75) is 58.0 Å². The van der Waals surface area contributed by atoms with Crippen LogP contribution in [0.15, 0.2) is 96.0 Å². The number of carbonyl (C=O) groups excluding carboxylic acids is 1. The van der Waals surface area contributed by atoms with Gasteiger partial charge in [0.15, 0.2) is 0 Å². The molecule has 4 aromatic rings. The van der Waals surface area contributed by atoms with E-state index in [1.54, 1.807) is 24.3 Å². The highest BCUT2D eigenvalue weighted by molar-refractivity contribution is 6.31. The molecule has 0 radical (unpaired) electrons. The fraction of sp³-hybridized carbons (Fsp3) is 0.278. The summed E-state index contributed by atoms with van der Waals surface area (Å²) in [5.41, 5.74) is 2.09. The van der Waals surface area contributed by atoms with Crippen molar-refractivity contribution in [2.75, 3.05) is 6.61 Å². The Morgan fingerprint density at radius 1 is 0.791 bits per heavy atom. The van der Waals surface area contributed by atoms with Gasteiger partial charge in [-0.2, -0.15) is 0 Å². The third-order valence-electron chi connectivity index (χ3n) is 8.43. The van der Waals surface area contributed by atoms with Gasteiger partial charge in [0.25, 0.3) is 5.91 Å². The number of aliphatic imine (C=N–C) groups is 1. The standard InChI is InChI=1S/C36H35Cl3N2O2/c1-7-43-31-22-26(34(2,3)4)14-21-30(31)32-40-35(5,24-10-17-28(38)18-11-24)36(6,25-12-19-29(39)20-13-25)41(32)33(42)23-8-15-27(37)16-9-23/h8-22H,7H2,1-6H3. The van der Waals surface area contributed by atoms with Gasteiger partial charge in [-0.3, -0.25) is 14.7 Å². The van der Waals surface area contributed by atoms with Crippen LogP contribution in [0.3, 0.4) is 0 Å². The molecule has 1 heterocycles. The maximum absolute atomic E-state index is 14.8. The smallest absolute Gasteiger partial charge is 0.260 e. The average molecular weight is 634 g/mol. The van der Waals surface area contributed by atoms with Gasteiger partial charge in [0.1, 0.15) is 22.7 Å². The van der Waals surface area contributed by atoms with Gasteiger partial charge in [-0.1, -0.05) is 85.9 Å². The van der Waals surface area contributed by atoms with Crippen LogP contribution in [-0.2, 0) is 16.5 Å². The van der Waals surface area contributed by atoms with Crippen LogP contribution in [0.5, 0.6) is 5.75 Å². The summed E-state index contributed by atoms with van der Waals surface area (Å²) >= 11 is 18.9. The number of hydrogen-bond donors (Lipinski definition) is 0. The van der Waals surface area contributed by atoms with Crippen molar-refractivity contribution in [2.24, 2.45) is 4.99 Å². The number of benzene rings is 4. The summed E-state index contributed by atoms with van der Waals surface area (Å²) in [6, 6.07) is 28.4. The molecule has 0 bridgehead atoms. The van der Waals surface area contributed by atoms with Crippen molar-refractivity contribution in [1.29, 1.82) is 0 Å². The summed E-state index contributed by atoms with van der Waals surface area (Å²) in [6.45, 7) is 13.0. The van der Waals surface area contributed by atoms with Crippen molar-refractivity contribution in [3.8, 4) is 5.75 Å². The highest BCUT2D eigenvalue weighted by atomic mass is 35.5. The number of amidine groups is 1. The lowest BCUT2D eigenvalue weighted by atomic mass is 9.70. The van der Waals surface area contributed by atoms with Crippen molar-refractivity contribution in [3.05, 3.63) is 134 Å². The molecule has 5 rings (SSSR count). The van der Waals surface area contributed by atoms with Crippen molar-refractivity contribution in [1.82, 2.24) is 4.90 Å². The van der Waals surface area contributed by atoms with Crippen LogP contribution >= 0.6 is 34.8 Å². The number of amides is 1. The lowest BCUT2D eigenvalue weighted by molar-refractivity contribution is 0.0616. The molecule has 2 atom stereocenters. The minimum Gasteiger partial charge on any atom is -0.493 e. The summed E-state index contributed by atoms with van der Waals surface area (Å²) in [4.78, 5) is 22.1. The molecule has 0 fully saturated rings. The van der Waals surface area contributed by atoms with Crippen LogP contribution in [-0.4, -0.2) is 23.2 Å². The van der Waals surface area contributed by atoms with Crippen molar-refractivity contribution in [3.63, 3.8) is 0 Å². The first-order valence-electron chi connectivity index (χ1n) is 14.3. The average Bonchev–Trinajstić information content (AvgIpc) is 3.21. The summed E-state index contributed by atoms with van der Waals surface area (Å²) in [5.74, 6) is 0.966. The maximum atomic E-state index is 14.8. The van der Waals surface area contributed by atoms with E-state index in [-0.39, 0.29) is 11.3 Å². The van der Waals surface area contributed by atoms with E-state index in [1.165, 1.54) is 0 Å². The zero-order valence-electron chi connectivity index (χ0n) is 25.2. The normalized spacial score (nSPS) is 20.2. The Bertz CT molecular complexity index is 1680. The third kappa shape index (κ3) is 5.57. The molecule has 0 N–H and O–H groups in total. The monoisotopic (exact) mass is 632 g/mol. The lowest BCUT2D eigenvalue weighted by Gasteiger charge is -2.45. The van der Waals surface area contributed by atoms with E-state index in [9.17, 15) is 4.79 Å². The molecule has 7 heteroatoms. The Balaban J connectivity index is 1.85. The minimum absolute atomic E-state index is 0.101. The number of halogens is 3. The van der Waals surface area contributed by atoms with Gasteiger partial charge in [0.05, 0.1) is 12.2 Å². The fourth-order valence-electron chi connectivity index (χ4n) is 5.75. The second-order valence-electron chi connectivity index (χ2n) is 12.1. The highest BCUT2D eigenvalue weighted by Crippen LogP contribution is 2.54. The summed E-state index contributed by atoms with van der Waals surface area (Å²) < 4.78 is 6.24. The van der Waals surface area contributed by atoms with Crippen molar-refractivity contribution < 1.29 is 9.53 Å². The number of rotatable bonds is 6. The Labute approximate surface area is 269 Å². The zero-order chi connectivity index (χ0) is 31.2. The molecule has 4 aromatic carbocycles. The number of hydrogen-bond acceptors (Lipinski definition) is 3. The number of carbonyl (C=O) groups is 1. The molecule has 4 nitrogen and oxygen atoms in total. The SMILES string of the molecule is CCOc1cc(C(C)(C)C)ccc1C1=NC(C)(c2ccc(Cl)cc2)C(C)(c2ccc(Cl)cc2)N1C(=O)c1ccc(Cl)cc1. The van der Waals surface area contributed by atoms with E-state index in [0.717, 1.165) is 22.3 Å². The van der Waals surface area contributed by atoms with Crippen LogP contribution < -0.4 is 4.74 Å². The zero-order valence-corrected chi connectivity index (χ0v) is 27.5. The van der Waals surface area contributed by atoms with E-state index in [4.69, 9.17) is 44.5 Å². The van der Waals surface area contributed by atoms with Gasteiger partial charge in [0.2, 0.25) is 0 Å². The van der Waals surface area contributed by atoms with E-state index < -0.39 is 11.1 Å². The van der Waals surface area contributed by atoms with Gasteiger partial charge in [0, 0.05) is 20.6 Å². The largest absolute Gasteiger partial charge is 0.493 e. The number of nitrogens with zero attached hydrogens (tertiary/aromatic N) is 2. The Kier molecular flexibility index (Phi) is 8.43. The van der Waals surface area contributed by atoms with Gasteiger partial charge >= 0.3 is 0 Å². The van der Waals surface area contributed by atoms with Crippen LogP contribution in [0.1, 0.15) is 74.2 Å². The van der Waals surface area contributed by atoms with Crippen molar-refractivity contribution >= 4 is 46.5 Å².